The number of aryl methyl sites for hydroxylation is 2. The summed E-state index contributed by atoms with van der Waals surface area (Å²) in [5.74, 6) is 1.09. The standard InChI is InChI=1S/C28H26BNO6S2/c1-20-8-16-25(17-9-20)37(31,32)30(38(33,34)26-18-10-21(2)11-19-26)24-14-12-23(13-15-24)22(3)29-35-27-6-4-5-7-28(27)36-29/h4-19,22H,1-3H3. The van der Waals surface area contributed by atoms with Gasteiger partial charge in [-0.15, -0.1) is 0 Å². The van der Waals surface area contributed by atoms with Crippen molar-refractivity contribution in [3.63, 3.8) is 0 Å². The molecule has 194 valence electrons. The number of sulfonamides is 2. The van der Waals surface area contributed by atoms with Crippen LogP contribution in [0.4, 0.5) is 5.69 Å². The molecule has 0 N–H and O–H groups in total. The fraction of sp³-hybridized carbons (Fsp3) is 0.143. The third-order valence-corrected chi connectivity index (χ3v) is 10.7. The van der Waals surface area contributed by atoms with Gasteiger partial charge in [-0.2, -0.15) is 3.71 Å². The Hall–Kier alpha value is -3.76. The van der Waals surface area contributed by atoms with Crippen LogP contribution in [0.3, 0.4) is 0 Å². The Morgan fingerprint density at radius 3 is 1.47 bits per heavy atom. The van der Waals surface area contributed by atoms with Crippen LogP contribution in [0.5, 0.6) is 11.5 Å². The SMILES string of the molecule is Cc1ccc(S(=O)(=O)N(c2ccc(C(C)B3Oc4ccccc4O3)cc2)S(=O)(=O)c2ccc(C)cc2)cc1. The predicted molar refractivity (Wildman–Crippen MR) is 148 cm³/mol. The first kappa shape index (κ1) is 25.9. The summed E-state index contributed by atoms with van der Waals surface area (Å²) in [5, 5.41) is 0. The molecule has 0 radical (unpaired) electrons. The molecule has 1 aliphatic rings. The summed E-state index contributed by atoms with van der Waals surface area (Å²) in [7, 11) is -9.52. The smallest absolute Gasteiger partial charge is 0.523 e. The molecule has 0 saturated heterocycles. The van der Waals surface area contributed by atoms with Gasteiger partial charge < -0.3 is 9.31 Å². The summed E-state index contributed by atoms with van der Waals surface area (Å²) in [6.07, 6.45) is 0. The van der Waals surface area contributed by atoms with E-state index in [0.29, 0.717) is 15.2 Å². The fourth-order valence-corrected chi connectivity index (χ4v) is 7.89. The summed E-state index contributed by atoms with van der Waals surface area (Å²) >= 11 is 0. The second kappa shape index (κ2) is 9.85. The second-order valence-electron chi connectivity index (χ2n) is 9.26. The van der Waals surface area contributed by atoms with E-state index >= 15 is 0 Å². The minimum atomic E-state index is -4.48. The van der Waals surface area contributed by atoms with E-state index in [1.54, 1.807) is 36.4 Å². The maximum Gasteiger partial charge on any atom is 0.602 e. The Kier molecular flexibility index (Phi) is 6.71. The summed E-state index contributed by atoms with van der Waals surface area (Å²) in [6, 6.07) is 25.9. The van der Waals surface area contributed by atoms with E-state index in [-0.39, 0.29) is 21.3 Å². The van der Waals surface area contributed by atoms with E-state index in [1.165, 1.54) is 36.4 Å². The van der Waals surface area contributed by atoms with Crippen LogP contribution < -0.4 is 13.0 Å². The molecule has 0 bridgehead atoms. The lowest BCUT2D eigenvalue weighted by molar-refractivity contribution is 0.480. The average molecular weight is 547 g/mol. The Bertz CT molecular complexity index is 1570. The van der Waals surface area contributed by atoms with Crippen LogP contribution in [0, 0.1) is 13.8 Å². The Balaban J connectivity index is 1.53. The van der Waals surface area contributed by atoms with Crippen LogP contribution in [-0.4, -0.2) is 24.0 Å². The van der Waals surface area contributed by atoms with Crippen molar-refractivity contribution >= 4 is 32.9 Å². The Morgan fingerprint density at radius 2 is 1.05 bits per heavy atom. The fourth-order valence-electron chi connectivity index (χ4n) is 4.20. The van der Waals surface area contributed by atoms with Crippen molar-refractivity contribution in [2.45, 2.75) is 36.4 Å². The molecule has 1 atom stereocenters. The minimum Gasteiger partial charge on any atom is -0.523 e. The quantitative estimate of drug-likeness (QED) is 0.284. The number of fused-ring (bicyclic) bond motifs is 1. The third-order valence-electron chi connectivity index (χ3n) is 6.45. The minimum absolute atomic E-state index is 0.00125. The van der Waals surface area contributed by atoms with E-state index in [2.05, 4.69) is 0 Å². The molecule has 0 saturated carbocycles. The van der Waals surface area contributed by atoms with Gasteiger partial charge in [0.05, 0.1) is 15.5 Å². The monoisotopic (exact) mass is 547 g/mol. The highest BCUT2D eigenvalue weighted by atomic mass is 32.3. The summed E-state index contributed by atoms with van der Waals surface area (Å²) in [4.78, 5) is -0.247. The van der Waals surface area contributed by atoms with Gasteiger partial charge >= 0.3 is 7.12 Å². The van der Waals surface area contributed by atoms with Crippen molar-refractivity contribution in [1.82, 2.24) is 0 Å². The van der Waals surface area contributed by atoms with E-state index in [4.69, 9.17) is 9.31 Å². The van der Waals surface area contributed by atoms with E-state index in [9.17, 15) is 16.8 Å². The van der Waals surface area contributed by atoms with Crippen LogP contribution >= 0.6 is 0 Å². The van der Waals surface area contributed by atoms with Gasteiger partial charge in [0, 0.05) is 5.82 Å². The molecule has 38 heavy (non-hydrogen) atoms. The molecular formula is C28H26BNO6S2. The highest BCUT2D eigenvalue weighted by Gasteiger charge is 2.40. The summed E-state index contributed by atoms with van der Waals surface area (Å²) < 4.78 is 67.5. The van der Waals surface area contributed by atoms with E-state index in [0.717, 1.165) is 16.7 Å². The van der Waals surface area contributed by atoms with Crippen molar-refractivity contribution in [3.05, 3.63) is 114 Å². The lowest BCUT2D eigenvalue weighted by Gasteiger charge is -2.25. The van der Waals surface area contributed by atoms with Crippen LogP contribution in [0.15, 0.2) is 107 Å². The average Bonchev–Trinajstić information content (AvgIpc) is 3.33. The third kappa shape index (κ3) is 4.77. The number of anilines is 1. The molecule has 0 aromatic heterocycles. The van der Waals surface area contributed by atoms with E-state index in [1.807, 2.05) is 45.0 Å². The van der Waals surface area contributed by atoms with Gasteiger partial charge in [0.25, 0.3) is 20.0 Å². The number of rotatable bonds is 7. The molecule has 0 aliphatic carbocycles. The molecule has 4 aromatic rings. The molecule has 10 heteroatoms. The van der Waals surface area contributed by atoms with Crippen molar-refractivity contribution in [3.8, 4) is 11.5 Å². The highest BCUT2D eigenvalue weighted by Crippen LogP contribution is 2.37. The number of hydrogen-bond donors (Lipinski definition) is 0. The van der Waals surface area contributed by atoms with Crippen molar-refractivity contribution < 1.29 is 26.1 Å². The normalized spacial score (nSPS) is 13.8. The Morgan fingerprint density at radius 1 is 0.632 bits per heavy atom. The molecule has 1 unspecified atom stereocenters. The Labute approximate surface area is 223 Å². The second-order valence-corrected chi connectivity index (χ2v) is 13.1. The molecule has 1 aliphatic heterocycles. The van der Waals surface area contributed by atoms with Gasteiger partial charge in [-0.05, 0) is 67.9 Å². The van der Waals surface area contributed by atoms with E-state index < -0.39 is 27.2 Å². The first-order chi connectivity index (χ1) is 18.1. The zero-order valence-corrected chi connectivity index (χ0v) is 22.7. The number of hydrogen-bond acceptors (Lipinski definition) is 6. The summed E-state index contributed by atoms with van der Waals surface area (Å²) in [6.45, 7) is 5.58. The first-order valence-electron chi connectivity index (χ1n) is 12.0. The summed E-state index contributed by atoms with van der Waals surface area (Å²) in [5.41, 5.74) is 2.51. The highest BCUT2D eigenvalue weighted by molar-refractivity contribution is 8.10. The molecule has 0 fully saturated rings. The maximum absolute atomic E-state index is 13.8. The number of benzene rings is 4. The van der Waals surface area contributed by atoms with Crippen LogP contribution in [0.2, 0.25) is 0 Å². The lowest BCUT2D eigenvalue weighted by Crippen LogP contribution is -2.37. The van der Waals surface area contributed by atoms with Crippen molar-refractivity contribution in [1.29, 1.82) is 0 Å². The largest absolute Gasteiger partial charge is 0.602 e. The predicted octanol–water partition coefficient (Wildman–Crippen LogP) is 5.49. The molecule has 0 spiro atoms. The maximum atomic E-state index is 13.8. The molecule has 4 aromatic carbocycles. The zero-order valence-electron chi connectivity index (χ0n) is 21.1. The van der Waals surface area contributed by atoms with Gasteiger partial charge in [0.1, 0.15) is 11.5 Å². The van der Waals surface area contributed by atoms with Gasteiger partial charge in [-0.3, -0.25) is 0 Å². The number of nitrogens with zero attached hydrogens (tertiary/aromatic N) is 1. The first-order valence-corrected chi connectivity index (χ1v) is 14.9. The van der Waals surface area contributed by atoms with Gasteiger partial charge in [-0.25, -0.2) is 16.8 Å². The molecular weight excluding hydrogens is 521 g/mol. The molecule has 5 rings (SSSR count). The van der Waals surface area contributed by atoms with Crippen molar-refractivity contribution in [2.75, 3.05) is 3.71 Å². The zero-order chi connectivity index (χ0) is 27.1. The molecule has 1 heterocycles. The molecule has 0 amide bonds. The van der Waals surface area contributed by atoms with Gasteiger partial charge in [0.15, 0.2) is 0 Å². The van der Waals surface area contributed by atoms with Crippen LogP contribution in [0.25, 0.3) is 0 Å². The lowest BCUT2D eigenvalue weighted by atomic mass is 9.69. The molecule has 7 nitrogen and oxygen atoms in total. The van der Waals surface area contributed by atoms with Crippen LogP contribution in [0.1, 0.15) is 29.4 Å². The van der Waals surface area contributed by atoms with Crippen LogP contribution in [-0.2, 0) is 20.0 Å². The van der Waals surface area contributed by atoms with Gasteiger partial charge in [0.2, 0.25) is 0 Å². The van der Waals surface area contributed by atoms with Crippen molar-refractivity contribution in [2.24, 2.45) is 0 Å². The van der Waals surface area contributed by atoms with Gasteiger partial charge in [-0.1, -0.05) is 66.6 Å². The number of para-hydroxylation sites is 2. The topological polar surface area (TPSA) is 90.0 Å².